The molecule has 0 aliphatic rings. The summed E-state index contributed by atoms with van der Waals surface area (Å²) in [5.74, 6) is -0.246. The van der Waals surface area contributed by atoms with E-state index in [1.165, 1.54) is 23.1 Å². The zero-order chi connectivity index (χ0) is 26.2. The van der Waals surface area contributed by atoms with E-state index in [1.54, 1.807) is 0 Å². The first-order valence-corrected chi connectivity index (χ1v) is 13.7. The Morgan fingerprint density at radius 1 is 1.00 bits per heavy atom. The first kappa shape index (κ1) is 26.2. The number of thioether (sulfide) groups is 1. The minimum absolute atomic E-state index is 0.0933. The van der Waals surface area contributed by atoms with Crippen LogP contribution in [0.15, 0.2) is 89.1 Å². The van der Waals surface area contributed by atoms with Gasteiger partial charge in [0.2, 0.25) is 11.8 Å². The van der Waals surface area contributed by atoms with Gasteiger partial charge in [0.1, 0.15) is 11.1 Å². The summed E-state index contributed by atoms with van der Waals surface area (Å²) in [7, 11) is 0. The molecule has 2 amide bonds. The van der Waals surface area contributed by atoms with E-state index in [9.17, 15) is 14.9 Å². The van der Waals surface area contributed by atoms with Crippen molar-refractivity contribution in [1.29, 1.82) is 5.26 Å². The van der Waals surface area contributed by atoms with Crippen LogP contribution in [0.2, 0.25) is 0 Å². The van der Waals surface area contributed by atoms with Crippen molar-refractivity contribution < 1.29 is 9.59 Å². The average molecular weight is 526 g/mol. The lowest BCUT2D eigenvalue weighted by Gasteiger charge is -2.15. The Morgan fingerprint density at radius 3 is 2.46 bits per heavy atom. The van der Waals surface area contributed by atoms with Gasteiger partial charge < -0.3 is 10.6 Å². The van der Waals surface area contributed by atoms with Crippen molar-refractivity contribution in [3.63, 3.8) is 0 Å². The first-order valence-electron chi connectivity index (χ1n) is 12.0. The summed E-state index contributed by atoms with van der Waals surface area (Å²) in [6.07, 6.45) is 0.907. The lowest BCUT2D eigenvalue weighted by atomic mass is 10.0. The van der Waals surface area contributed by atoms with Crippen molar-refractivity contribution in [3.05, 3.63) is 101 Å². The van der Waals surface area contributed by atoms with Gasteiger partial charge >= 0.3 is 0 Å². The third kappa shape index (κ3) is 6.88. The van der Waals surface area contributed by atoms with E-state index in [2.05, 4.69) is 16.7 Å². The van der Waals surface area contributed by atoms with E-state index in [0.29, 0.717) is 29.1 Å². The molecule has 186 valence electrons. The topological polar surface area (TPSA) is 82.0 Å². The molecule has 4 rings (SSSR count). The number of nitrogens with zero attached hydrogens (tertiary/aromatic N) is 1. The monoisotopic (exact) mass is 525 g/mol. The molecule has 2 N–H and O–H groups in total. The molecule has 7 heteroatoms. The minimum atomic E-state index is -0.355. The lowest BCUT2D eigenvalue weighted by Crippen LogP contribution is -2.24. The van der Waals surface area contributed by atoms with Crippen LogP contribution in [0.1, 0.15) is 30.0 Å². The molecule has 0 saturated heterocycles. The SMILES string of the molecule is CCC(Sc1cccc(NC(=O)Cc2ccccc2)c1)C(=O)Nc1scc(-c2ccc(C)cc2)c1C#N. The Labute approximate surface area is 225 Å². The van der Waals surface area contributed by atoms with Crippen LogP contribution in [0.5, 0.6) is 0 Å². The fraction of sp³-hybridized carbons (Fsp3) is 0.167. The molecule has 4 aromatic rings. The molecule has 1 atom stereocenters. The maximum absolute atomic E-state index is 13.2. The van der Waals surface area contributed by atoms with Crippen LogP contribution < -0.4 is 10.6 Å². The summed E-state index contributed by atoms with van der Waals surface area (Å²) < 4.78 is 0. The molecular weight excluding hydrogens is 498 g/mol. The Balaban J connectivity index is 1.42. The highest BCUT2D eigenvalue weighted by atomic mass is 32.2. The number of aryl methyl sites for hydroxylation is 1. The summed E-state index contributed by atoms with van der Waals surface area (Å²) in [6.45, 7) is 3.98. The van der Waals surface area contributed by atoms with Gasteiger partial charge in [-0.15, -0.1) is 23.1 Å². The van der Waals surface area contributed by atoms with Gasteiger partial charge in [-0.25, -0.2) is 0 Å². The molecule has 0 radical (unpaired) electrons. The van der Waals surface area contributed by atoms with E-state index in [0.717, 1.165) is 27.1 Å². The highest BCUT2D eigenvalue weighted by molar-refractivity contribution is 8.00. The third-order valence-electron chi connectivity index (χ3n) is 5.77. The molecule has 1 aromatic heterocycles. The summed E-state index contributed by atoms with van der Waals surface area (Å²) in [6, 6.07) is 27.3. The maximum atomic E-state index is 13.2. The molecule has 0 aliphatic carbocycles. The molecule has 1 heterocycles. The number of benzene rings is 3. The number of hydrogen-bond donors (Lipinski definition) is 2. The molecule has 0 saturated carbocycles. The number of nitriles is 1. The Hall–Kier alpha value is -3.86. The third-order valence-corrected chi connectivity index (χ3v) is 8.02. The molecule has 0 spiro atoms. The molecule has 0 aliphatic heterocycles. The second-order valence-electron chi connectivity index (χ2n) is 8.57. The normalized spacial score (nSPS) is 11.4. The second-order valence-corrected chi connectivity index (χ2v) is 10.7. The van der Waals surface area contributed by atoms with Gasteiger partial charge in [-0.1, -0.05) is 73.2 Å². The van der Waals surface area contributed by atoms with E-state index in [4.69, 9.17) is 0 Å². The van der Waals surface area contributed by atoms with Gasteiger partial charge in [-0.2, -0.15) is 5.26 Å². The molecular formula is C30H27N3O2S2. The number of hydrogen-bond acceptors (Lipinski definition) is 5. The number of rotatable bonds is 9. The number of carbonyl (C=O) groups is 2. The zero-order valence-electron chi connectivity index (χ0n) is 20.7. The van der Waals surface area contributed by atoms with Crippen molar-refractivity contribution in [2.75, 3.05) is 10.6 Å². The van der Waals surface area contributed by atoms with Crippen molar-refractivity contribution in [2.24, 2.45) is 0 Å². The van der Waals surface area contributed by atoms with Gasteiger partial charge in [-0.3, -0.25) is 9.59 Å². The average Bonchev–Trinajstić information content (AvgIpc) is 3.30. The van der Waals surface area contributed by atoms with Crippen LogP contribution in [-0.2, 0) is 16.0 Å². The Kier molecular flexibility index (Phi) is 8.78. The standard InChI is InChI=1S/C30H27N3O2S2/c1-3-27(29(35)33-30-25(18-31)26(19-36-30)22-14-12-20(2)13-15-22)37-24-11-7-10-23(17-24)32-28(34)16-21-8-5-4-6-9-21/h4-15,17,19,27H,3,16H2,1-2H3,(H,32,34)(H,33,35). The number of anilines is 2. The predicted molar refractivity (Wildman–Crippen MR) is 153 cm³/mol. The molecule has 5 nitrogen and oxygen atoms in total. The molecule has 0 bridgehead atoms. The van der Waals surface area contributed by atoms with Crippen LogP contribution >= 0.6 is 23.1 Å². The summed E-state index contributed by atoms with van der Waals surface area (Å²) in [5.41, 5.74) is 5.03. The predicted octanol–water partition coefficient (Wildman–Crippen LogP) is 7.29. The van der Waals surface area contributed by atoms with Crippen molar-refractivity contribution in [1.82, 2.24) is 0 Å². The van der Waals surface area contributed by atoms with E-state index >= 15 is 0 Å². The number of thiophene rings is 1. The van der Waals surface area contributed by atoms with Gasteiger partial charge in [0.05, 0.1) is 17.2 Å². The maximum Gasteiger partial charge on any atom is 0.238 e. The van der Waals surface area contributed by atoms with Crippen LogP contribution in [-0.4, -0.2) is 17.1 Å². The van der Waals surface area contributed by atoms with Gasteiger partial charge in [-0.05, 0) is 42.7 Å². The highest BCUT2D eigenvalue weighted by Gasteiger charge is 2.22. The smallest absolute Gasteiger partial charge is 0.238 e. The number of nitrogens with one attached hydrogen (secondary N) is 2. The number of amides is 2. The molecule has 37 heavy (non-hydrogen) atoms. The van der Waals surface area contributed by atoms with Crippen molar-refractivity contribution >= 4 is 45.6 Å². The Morgan fingerprint density at radius 2 is 1.76 bits per heavy atom. The summed E-state index contributed by atoms with van der Waals surface area (Å²) in [4.78, 5) is 26.5. The van der Waals surface area contributed by atoms with Crippen LogP contribution in [0, 0.1) is 18.3 Å². The Bertz CT molecular complexity index is 1420. The lowest BCUT2D eigenvalue weighted by molar-refractivity contribution is -0.116. The quantitative estimate of drug-likeness (QED) is 0.225. The van der Waals surface area contributed by atoms with Crippen LogP contribution in [0.3, 0.4) is 0 Å². The summed E-state index contributed by atoms with van der Waals surface area (Å²) >= 11 is 2.80. The van der Waals surface area contributed by atoms with Gasteiger partial charge in [0.15, 0.2) is 0 Å². The fourth-order valence-electron chi connectivity index (χ4n) is 3.82. The molecule has 0 fully saturated rings. The summed E-state index contributed by atoms with van der Waals surface area (Å²) in [5, 5.41) is 17.8. The van der Waals surface area contributed by atoms with Crippen LogP contribution in [0.4, 0.5) is 10.7 Å². The zero-order valence-corrected chi connectivity index (χ0v) is 22.3. The van der Waals surface area contributed by atoms with Crippen molar-refractivity contribution in [3.8, 4) is 17.2 Å². The largest absolute Gasteiger partial charge is 0.326 e. The number of carbonyl (C=O) groups excluding carboxylic acids is 2. The fourth-order valence-corrected chi connectivity index (χ4v) is 5.75. The first-order chi connectivity index (χ1) is 18.0. The van der Waals surface area contributed by atoms with E-state index in [-0.39, 0.29) is 17.1 Å². The van der Waals surface area contributed by atoms with E-state index in [1.807, 2.05) is 98.1 Å². The van der Waals surface area contributed by atoms with Crippen molar-refractivity contribution in [2.45, 2.75) is 36.8 Å². The van der Waals surface area contributed by atoms with E-state index < -0.39 is 0 Å². The molecule has 1 unspecified atom stereocenters. The second kappa shape index (κ2) is 12.4. The van der Waals surface area contributed by atoms with Gasteiger partial charge in [0, 0.05) is 21.5 Å². The van der Waals surface area contributed by atoms with Gasteiger partial charge in [0.25, 0.3) is 0 Å². The highest BCUT2D eigenvalue weighted by Crippen LogP contribution is 2.36. The molecule has 3 aromatic carbocycles. The minimum Gasteiger partial charge on any atom is -0.326 e. The van der Waals surface area contributed by atoms with Crippen LogP contribution in [0.25, 0.3) is 11.1 Å².